The average molecular weight is 265 g/mol. The van der Waals surface area contributed by atoms with E-state index < -0.39 is 11.0 Å². The van der Waals surface area contributed by atoms with Gasteiger partial charge in [-0.3, -0.25) is 4.79 Å². The van der Waals surface area contributed by atoms with Gasteiger partial charge in [-0.15, -0.1) is 0 Å². The van der Waals surface area contributed by atoms with E-state index in [1.807, 2.05) is 30.3 Å². The van der Waals surface area contributed by atoms with Crippen molar-refractivity contribution < 1.29 is 14.6 Å². The summed E-state index contributed by atoms with van der Waals surface area (Å²) in [5.74, 6) is -0.356. The topological polar surface area (TPSA) is 72.5 Å². The molecule has 1 aromatic carbocycles. The first-order chi connectivity index (χ1) is 8.85. The molecule has 0 radical (unpaired) electrons. The van der Waals surface area contributed by atoms with Crippen molar-refractivity contribution in [2.75, 3.05) is 13.7 Å². The zero-order valence-electron chi connectivity index (χ0n) is 11.8. The third-order valence-corrected chi connectivity index (χ3v) is 3.41. The first kappa shape index (κ1) is 15.7. The zero-order chi connectivity index (χ0) is 14.5. The van der Waals surface area contributed by atoms with Gasteiger partial charge in [0.1, 0.15) is 5.41 Å². The Morgan fingerprint density at radius 1 is 1.26 bits per heavy atom. The van der Waals surface area contributed by atoms with Gasteiger partial charge in [-0.2, -0.15) is 0 Å². The molecule has 1 aromatic rings. The van der Waals surface area contributed by atoms with E-state index in [-0.39, 0.29) is 12.5 Å². The number of carbonyl (C=O) groups is 1. The van der Waals surface area contributed by atoms with E-state index >= 15 is 0 Å². The van der Waals surface area contributed by atoms with Crippen molar-refractivity contribution in [2.45, 2.75) is 37.7 Å². The van der Waals surface area contributed by atoms with Crippen LogP contribution < -0.4 is 5.73 Å². The second-order valence-electron chi connectivity index (χ2n) is 5.46. The molecule has 0 aliphatic carbocycles. The third kappa shape index (κ3) is 3.78. The molecule has 3 N–H and O–H groups in total. The Bertz CT molecular complexity index is 411. The van der Waals surface area contributed by atoms with Crippen molar-refractivity contribution >= 4 is 5.97 Å². The molecule has 0 amide bonds. The number of esters is 1. The van der Waals surface area contributed by atoms with Gasteiger partial charge in [0.25, 0.3) is 0 Å². The molecular weight excluding hydrogens is 242 g/mol. The van der Waals surface area contributed by atoms with Gasteiger partial charge in [0, 0.05) is 6.54 Å². The van der Waals surface area contributed by atoms with Gasteiger partial charge in [0.05, 0.1) is 12.7 Å². The minimum Gasteiger partial charge on any atom is -0.468 e. The molecule has 0 aliphatic heterocycles. The van der Waals surface area contributed by atoms with Gasteiger partial charge >= 0.3 is 5.97 Å². The summed E-state index contributed by atoms with van der Waals surface area (Å²) in [6, 6.07) is 9.36. The third-order valence-electron chi connectivity index (χ3n) is 3.41. The molecule has 0 bridgehead atoms. The summed E-state index contributed by atoms with van der Waals surface area (Å²) in [6.45, 7) is 3.59. The number of benzene rings is 1. The minimum absolute atomic E-state index is 0.153. The lowest BCUT2D eigenvalue weighted by Gasteiger charge is -2.32. The number of hydrogen-bond acceptors (Lipinski definition) is 4. The molecule has 4 nitrogen and oxygen atoms in total. The SMILES string of the molecule is COC(=O)C(CN)(CCC(C)(C)O)c1ccccc1. The van der Waals surface area contributed by atoms with E-state index in [0.717, 1.165) is 5.56 Å². The molecule has 4 heteroatoms. The molecular formula is C15H23NO3. The average Bonchev–Trinajstić information content (AvgIpc) is 2.39. The molecule has 0 saturated carbocycles. The van der Waals surface area contributed by atoms with Crippen LogP contribution in [0.25, 0.3) is 0 Å². The summed E-state index contributed by atoms with van der Waals surface area (Å²) >= 11 is 0. The molecule has 0 aromatic heterocycles. The van der Waals surface area contributed by atoms with Crippen molar-refractivity contribution in [3.8, 4) is 0 Å². The Morgan fingerprint density at radius 2 is 1.84 bits per heavy atom. The summed E-state index contributed by atoms with van der Waals surface area (Å²) in [7, 11) is 1.36. The number of aliphatic hydroxyl groups is 1. The van der Waals surface area contributed by atoms with Crippen LogP contribution in [0.1, 0.15) is 32.3 Å². The zero-order valence-corrected chi connectivity index (χ0v) is 11.8. The van der Waals surface area contributed by atoms with E-state index in [2.05, 4.69) is 0 Å². The maximum atomic E-state index is 12.2. The van der Waals surface area contributed by atoms with Crippen molar-refractivity contribution in [2.24, 2.45) is 5.73 Å². The van der Waals surface area contributed by atoms with E-state index in [1.165, 1.54) is 7.11 Å². The van der Waals surface area contributed by atoms with Gasteiger partial charge in [-0.25, -0.2) is 0 Å². The van der Waals surface area contributed by atoms with Crippen LogP contribution in [0.2, 0.25) is 0 Å². The van der Waals surface area contributed by atoms with Gasteiger partial charge < -0.3 is 15.6 Å². The summed E-state index contributed by atoms with van der Waals surface area (Å²) in [5.41, 5.74) is 4.95. The Kier molecular flexibility index (Phi) is 5.09. The molecule has 1 rings (SSSR count). The van der Waals surface area contributed by atoms with Crippen molar-refractivity contribution in [1.82, 2.24) is 0 Å². The highest BCUT2D eigenvalue weighted by molar-refractivity contribution is 5.83. The maximum Gasteiger partial charge on any atom is 0.317 e. The quantitative estimate of drug-likeness (QED) is 0.766. The molecule has 0 saturated heterocycles. The van der Waals surface area contributed by atoms with Crippen LogP contribution in [0.3, 0.4) is 0 Å². The number of carbonyl (C=O) groups excluding carboxylic acids is 1. The van der Waals surface area contributed by atoms with Crippen LogP contribution in [0.4, 0.5) is 0 Å². The minimum atomic E-state index is -0.893. The van der Waals surface area contributed by atoms with Gasteiger partial charge in [0.15, 0.2) is 0 Å². The fourth-order valence-electron chi connectivity index (χ4n) is 2.14. The molecule has 106 valence electrons. The second kappa shape index (κ2) is 6.17. The number of methoxy groups -OCH3 is 1. The van der Waals surface area contributed by atoms with Crippen LogP contribution in [0, 0.1) is 0 Å². The Hall–Kier alpha value is -1.39. The molecule has 19 heavy (non-hydrogen) atoms. The molecule has 0 fully saturated rings. The highest BCUT2D eigenvalue weighted by Gasteiger charge is 2.40. The monoisotopic (exact) mass is 265 g/mol. The van der Waals surface area contributed by atoms with Crippen molar-refractivity contribution in [3.63, 3.8) is 0 Å². The van der Waals surface area contributed by atoms with E-state index in [1.54, 1.807) is 13.8 Å². The number of hydrogen-bond donors (Lipinski definition) is 2. The predicted octanol–water partition coefficient (Wildman–Crippen LogP) is 1.61. The first-order valence-electron chi connectivity index (χ1n) is 6.42. The Balaban J connectivity index is 3.12. The Labute approximate surface area is 114 Å². The van der Waals surface area contributed by atoms with Crippen molar-refractivity contribution in [1.29, 1.82) is 0 Å². The van der Waals surface area contributed by atoms with Crippen LogP contribution in [-0.4, -0.2) is 30.3 Å². The number of nitrogens with two attached hydrogens (primary N) is 1. The van der Waals surface area contributed by atoms with Gasteiger partial charge in [0.2, 0.25) is 0 Å². The van der Waals surface area contributed by atoms with Gasteiger partial charge in [-0.1, -0.05) is 30.3 Å². The van der Waals surface area contributed by atoms with E-state index in [0.29, 0.717) is 12.8 Å². The fraction of sp³-hybridized carbons (Fsp3) is 0.533. The molecule has 0 aliphatic rings. The van der Waals surface area contributed by atoms with Crippen LogP contribution in [-0.2, 0) is 14.9 Å². The van der Waals surface area contributed by atoms with Gasteiger partial charge in [-0.05, 0) is 32.3 Å². The summed E-state index contributed by atoms with van der Waals surface area (Å²) in [5, 5.41) is 9.88. The lowest BCUT2D eigenvalue weighted by Crippen LogP contribution is -2.45. The number of ether oxygens (including phenoxy) is 1. The molecule has 1 unspecified atom stereocenters. The lowest BCUT2D eigenvalue weighted by molar-refractivity contribution is -0.148. The normalized spacial score (nSPS) is 14.8. The predicted molar refractivity (Wildman–Crippen MR) is 74.7 cm³/mol. The largest absolute Gasteiger partial charge is 0.468 e. The standard InChI is InChI=1S/C15H23NO3/c1-14(2,18)9-10-15(11-16,13(17)19-3)12-7-5-4-6-8-12/h4-8,18H,9-11,16H2,1-3H3. The van der Waals surface area contributed by atoms with Crippen LogP contribution in [0.15, 0.2) is 30.3 Å². The van der Waals surface area contributed by atoms with Crippen LogP contribution >= 0.6 is 0 Å². The second-order valence-corrected chi connectivity index (χ2v) is 5.46. The molecule has 1 atom stereocenters. The van der Waals surface area contributed by atoms with E-state index in [9.17, 15) is 9.90 Å². The van der Waals surface area contributed by atoms with E-state index in [4.69, 9.17) is 10.5 Å². The first-order valence-corrected chi connectivity index (χ1v) is 6.42. The van der Waals surface area contributed by atoms with Crippen molar-refractivity contribution in [3.05, 3.63) is 35.9 Å². The summed E-state index contributed by atoms with van der Waals surface area (Å²) in [6.07, 6.45) is 0.915. The molecule has 0 heterocycles. The highest BCUT2D eigenvalue weighted by Crippen LogP contribution is 2.32. The lowest BCUT2D eigenvalue weighted by atomic mass is 9.75. The summed E-state index contributed by atoms with van der Waals surface area (Å²) in [4.78, 5) is 12.2. The fourth-order valence-corrected chi connectivity index (χ4v) is 2.14. The highest BCUT2D eigenvalue weighted by atomic mass is 16.5. The smallest absolute Gasteiger partial charge is 0.317 e. The number of rotatable bonds is 6. The molecule has 0 spiro atoms. The maximum absolute atomic E-state index is 12.2. The summed E-state index contributed by atoms with van der Waals surface area (Å²) < 4.78 is 4.93. The Morgan fingerprint density at radius 3 is 2.26 bits per heavy atom. The van der Waals surface area contributed by atoms with Crippen LogP contribution in [0.5, 0.6) is 0 Å².